The van der Waals surface area contributed by atoms with E-state index in [1.165, 1.54) is 23.2 Å². The molecule has 3 nitrogen and oxygen atoms in total. The number of anilines is 2. The zero-order valence-corrected chi connectivity index (χ0v) is 16.8. The van der Waals surface area contributed by atoms with Crippen molar-refractivity contribution in [3.05, 3.63) is 59.7 Å². The van der Waals surface area contributed by atoms with Crippen LogP contribution in [0.5, 0.6) is 0 Å². The normalized spacial score (nSPS) is 26.2. The van der Waals surface area contributed by atoms with Crippen LogP contribution < -0.4 is 10.6 Å². The number of rotatable bonds is 3. The third-order valence-electron chi connectivity index (χ3n) is 5.64. The molecule has 134 valence electrons. The molecule has 1 saturated heterocycles. The van der Waals surface area contributed by atoms with E-state index in [0.717, 1.165) is 37.3 Å². The van der Waals surface area contributed by atoms with Crippen LogP contribution in [0.1, 0.15) is 30.4 Å². The van der Waals surface area contributed by atoms with Crippen LogP contribution in [0.15, 0.2) is 48.5 Å². The molecule has 1 aliphatic carbocycles. The molecular weight excluding hydrogens is 374 g/mol. The molecule has 0 radical (unpaired) electrons. The topological polar surface area (TPSA) is 32.5 Å². The molecule has 1 heterocycles. The Bertz CT molecular complexity index is 718. The number of nitrogens with two attached hydrogens (primary N) is 1. The van der Waals surface area contributed by atoms with Gasteiger partial charge in [0.1, 0.15) is 0 Å². The molecule has 2 aliphatic rings. The summed E-state index contributed by atoms with van der Waals surface area (Å²) in [6.45, 7) is 7.92. The van der Waals surface area contributed by atoms with Crippen LogP contribution in [0, 0.1) is 6.92 Å². The molecule has 0 bridgehead atoms. The lowest BCUT2D eigenvalue weighted by Gasteiger charge is -2.42. The predicted molar refractivity (Wildman–Crippen MR) is 112 cm³/mol. The van der Waals surface area contributed by atoms with E-state index in [4.69, 9.17) is 5.73 Å². The van der Waals surface area contributed by atoms with E-state index in [2.05, 4.69) is 66.1 Å². The molecule has 0 amide bonds. The quantitative estimate of drug-likeness (QED) is 0.781. The second kappa shape index (κ2) is 7.38. The molecule has 1 saturated carbocycles. The maximum atomic E-state index is 5.91. The van der Waals surface area contributed by atoms with Gasteiger partial charge in [0, 0.05) is 49.0 Å². The van der Waals surface area contributed by atoms with Crippen molar-refractivity contribution < 1.29 is 0 Å². The monoisotopic (exact) mass is 401 g/mol. The highest BCUT2D eigenvalue weighted by molar-refractivity contribution is 8.93. The van der Waals surface area contributed by atoms with Gasteiger partial charge in [0.15, 0.2) is 0 Å². The van der Waals surface area contributed by atoms with Gasteiger partial charge in [-0.05, 0) is 49.6 Å². The van der Waals surface area contributed by atoms with Gasteiger partial charge in [0.25, 0.3) is 0 Å². The minimum Gasteiger partial charge on any atom is -0.399 e. The lowest BCUT2D eigenvalue weighted by Crippen LogP contribution is -2.53. The van der Waals surface area contributed by atoms with Gasteiger partial charge in [-0.25, -0.2) is 0 Å². The first-order valence-electron chi connectivity index (χ1n) is 9.05. The highest BCUT2D eigenvalue weighted by atomic mass is 79.9. The highest BCUT2D eigenvalue weighted by Gasteiger charge is 2.44. The number of halogens is 1. The lowest BCUT2D eigenvalue weighted by molar-refractivity contribution is 0.216. The minimum absolute atomic E-state index is 0. The highest BCUT2D eigenvalue weighted by Crippen LogP contribution is 2.45. The van der Waals surface area contributed by atoms with Crippen LogP contribution >= 0.6 is 17.0 Å². The maximum absolute atomic E-state index is 5.91. The van der Waals surface area contributed by atoms with Gasteiger partial charge in [-0.15, -0.1) is 17.0 Å². The Morgan fingerprint density at radius 2 is 1.80 bits per heavy atom. The first kappa shape index (κ1) is 18.3. The van der Waals surface area contributed by atoms with Crippen molar-refractivity contribution in [2.24, 2.45) is 0 Å². The van der Waals surface area contributed by atoms with Gasteiger partial charge in [0.2, 0.25) is 0 Å². The Balaban J connectivity index is 0.00000182. The van der Waals surface area contributed by atoms with Crippen molar-refractivity contribution in [1.82, 2.24) is 4.90 Å². The molecule has 2 N–H and O–H groups in total. The standard InChI is InChI=1S/C21H27N3.BrH/c1-15-12-18(22)8-9-20(15)24-11-10-23(14-16(24)2)21-13-19(21)17-6-4-3-5-7-17;/h3-9,12,16,19,21H,10-11,13-14,22H2,1-2H3;1H/t16?,19-,21+;/m0./s1. The Kier molecular flexibility index (Phi) is 5.40. The van der Waals surface area contributed by atoms with Crippen LogP contribution in [-0.2, 0) is 0 Å². The molecule has 4 rings (SSSR count). The molecule has 3 atom stereocenters. The molecule has 0 aromatic heterocycles. The first-order chi connectivity index (χ1) is 11.6. The molecule has 1 aliphatic heterocycles. The van der Waals surface area contributed by atoms with Crippen molar-refractivity contribution >= 4 is 28.4 Å². The number of piperazine rings is 1. The van der Waals surface area contributed by atoms with E-state index < -0.39 is 0 Å². The molecular formula is C21H28BrN3. The Labute approximate surface area is 161 Å². The third-order valence-corrected chi connectivity index (χ3v) is 5.64. The van der Waals surface area contributed by atoms with Crippen LogP contribution in [0.3, 0.4) is 0 Å². The number of nitrogens with zero attached hydrogens (tertiary/aromatic N) is 2. The molecule has 4 heteroatoms. The molecule has 2 fully saturated rings. The summed E-state index contributed by atoms with van der Waals surface area (Å²) in [6, 6.07) is 18.6. The third kappa shape index (κ3) is 3.70. The first-order valence-corrected chi connectivity index (χ1v) is 9.05. The van der Waals surface area contributed by atoms with E-state index in [9.17, 15) is 0 Å². The summed E-state index contributed by atoms with van der Waals surface area (Å²) < 4.78 is 0. The fourth-order valence-corrected chi connectivity index (χ4v) is 4.29. The summed E-state index contributed by atoms with van der Waals surface area (Å²) in [4.78, 5) is 5.25. The van der Waals surface area contributed by atoms with E-state index in [1.807, 2.05) is 6.07 Å². The average Bonchev–Trinajstić information content (AvgIpc) is 3.37. The van der Waals surface area contributed by atoms with E-state index in [1.54, 1.807) is 0 Å². The second-order valence-electron chi connectivity index (χ2n) is 7.40. The molecule has 2 aromatic rings. The minimum atomic E-state index is 0. The number of nitrogen functional groups attached to an aromatic ring is 1. The number of hydrogen-bond acceptors (Lipinski definition) is 3. The van der Waals surface area contributed by atoms with Crippen LogP contribution in [0.25, 0.3) is 0 Å². The van der Waals surface area contributed by atoms with E-state index >= 15 is 0 Å². The smallest absolute Gasteiger partial charge is 0.0400 e. The van der Waals surface area contributed by atoms with Gasteiger partial charge in [-0.3, -0.25) is 4.90 Å². The van der Waals surface area contributed by atoms with Gasteiger partial charge < -0.3 is 10.6 Å². The summed E-state index contributed by atoms with van der Waals surface area (Å²) in [5.74, 6) is 0.739. The van der Waals surface area contributed by atoms with Crippen molar-refractivity contribution in [3.8, 4) is 0 Å². The van der Waals surface area contributed by atoms with Crippen LogP contribution in [0.2, 0.25) is 0 Å². The summed E-state index contributed by atoms with van der Waals surface area (Å²) in [6.07, 6.45) is 1.32. The maximum Gasteiger partial charge on any atom is 0.0400 e. The average molecular weight is 402 g/mol. The molecule has 25 heavy (non-hydrogen) atoms. The zero-order valence-electron chi connectivity index (χ0n) is 15.1. The van der Waals surface area contributed by atoms with Crippen molar-refractivity contribution in [1.29, 1.82) is 0 Å². The van der Waals surface area contributed by atoms with Crippen molar-refractivity contribution in [2.45, 2.75) is 38.3 Å². The molecule has 1 unspecified atom stereocenters. The fourth-order valence-electron chi connectivity index (χ4n) is 4.29. The zero-order chi connectivity index (χ0) is 16.7. The lowest BCUT2D eigenvalue weighted by atomic mass is 10.1. The number of benzene rings is 2. The van der Waals surface area contributed by atoms with Gasteiger partial charge >= 0.3 is 0 Å². The van der Waals surface area contributed by atoms with Gasteiger partial charge in [-0.2, -0.15) is 0 Å². The second-order valence-corrected chi connectivity index (χ2v) is 7.40. The Hall–Kier alpha value is -1.52. The van der Waals surface area contributed by atoms with Crippen molar-refractivity contribution in [3.63, 3.8) is 0 Å². The fraction of sp³-hybridized carbons (Fsp3) is 0.429. The summed E-state index contributed by atoms with van der Waals surface area (Å²) in [5.41, 5.74) is 10.9. The van der Waals surface area contributed by atoms with Gasteiger partial charge in [-0.1, -0.05) is 30.3 Å². The SMILES string of the molecule is Br.Cc1cc(N)ccc1N1CCN([C@@H]2C[C@H]2c2ccccc2)CC1C. The van der Waals surface area contributed by atoms with Crippen LogP contribution in [0.4, 0.5) is 11.4 Å². The molecule has 0 spiro atoms. The van der Waals surface area contributed by atoms with E-state index in [-0.39, 0.29) is 17.0 Å². The number of hydrogen-bond donors (Lipinski definition) is 1. The van der Waals surface area contributed by atoms with Crippen LogP contribution in [-0.4, -0.2) is 36.6 Å². The Morgan fingerprint density at radius 3 is 2.48 bits per heavy atom. The summed E-state index contributed by atoms with van der Waals surface area (Å²) in [7, 11) is 0. The van der Waals surface area contributed by atoms with Gasteiger partial charge in [0.05, 0.1) is 0 Å². The molecule has 2 aromatic carbocycles. The number of aryl methyl sites for hydroxylation is 1. The van der Waals surface area contributed by atoms with E-state index in [0.29, 0.717) is 6.04 Å². The Morgan fingerprint density at radius 1 is 1.04 bits per heavy atom. The summed E-state index contributed by atoms with van der Waals surface area (Å²) in [5, 5.41) is 0. The summed E-state index contributed by atoms with van der Waals surface area (Å²) >= 11 is 0. The predicted octanol–water partition coefficient (Wildman–Crippen LogP) is 4.22. The largest absolute Gasteiger partial charge is 0.399 e. The van der Waals surface area contributed by atoms with Crippen molar-refractivity contribution in [2.75, 3.05) is 30.3 Å².